The highest BCUT2D eigenvalue weighted by atomic mass is 31.2. The second kappa shape index (κ2) is 24.2. The summed E-state index contributed by atoms with van der Waals surface area (Å²) in [6.07, 6.45) is 18.1. The van der Waals surface area contributed by atoms with Crippen LogP contribution in [0.3, 0.4) is 0 Å². The number of hydrogen-bond donors (Lipinski definition) is 2. The summed E-state index contributed by atoms with van der Waals surface area (Å²) in [5.74, 6) is 0. The zero-order valence-electron chi connectivity index (χ0n) is 22.2. The highest BCUT2D eigenvalue weighted by Gasteiger charge is 2.25. The lowest BCUT2D eigenvalue weighted by molar-refractivity contribution is -0.923. The average molecular weight is 483 g/mol. The molecule has 0 aromatic heterocycles. The van der Waals surface area contributed by atoms with Crippen molar-refractivity contribution in [1.82, 2.24) is 0 Å². The van der Waals surface area contributed by atoms with Crippen molar-refractivity contribution in [2.75, 3.05) is 46.5 Å². The van der Waals surface area contributed by atoms with E-state index in [1.54, 1.807) is 0 Å². The maximum Gasteiger partial charge on any atom is 0.472 e. The summed E-state index contributed by atoms with van der Waals surface area (Å²) in [5, 5.41) is 7.00. The third kappa shape index (κ3) is 20.6. The molecule has 196 valence electrons. The van der Waals surface area contributed by atoms with Crippen molar-refractivity contribution < 1.29 is 28.1 Å². The molecule has 0 amide bonds. The summed E-state index contributed by atoms with van der Waals surface area (Å²) in [4.78, 5) is 9.84. The van der Waals surface area contributed by atoms with Crippen molar-refractivity contribution in [2.45, 2.75) is 118 Å². The molecule has 0 bridgehead atoms. The number of aliphatic hydroxyl groups excluding tert-OH is 1. The second-order valence-corrected chi connectivity index (χ2v) is 10.2. The lowest BCUT2D eigenvalue weighted by atomic mass is 10.0. The van der Waals surface area contributed by atoms with Gasteiger partial charge in [-0.3, -0.25) is 9.05 Å². The van der Waals surface area contributed by atoms with Crippen molar-refractivity contribution in [1.29, 1.82) is 0 Å². The fraction of sp³-hybridized carbons (Fsp3) is 1.00. The van der Waals surface area contributed by atoms with E-state index in [0.29, 0.717) is 6.61 Å². The van der Waals surface area contributed by atoms with Crippen LogP contribution in [0.2, 0.25) is 0 Å². The summed E-state index contributed by atoms with van der Waals surface area (Å²) in [6, 6.07) is 0. The third-order valence-electron chi connectivity index (χ3n) is 6.58. The van der Waals surface area contributed by atoms with Crippen LogP contribution >= 0.6 is 7.82 Å². The number of likely N-dealkylation sites (N-methyl/N-ethyl adjacent to an activating group) is 1. The third-order valence-corrected chi connectivity index (χ3v) is 7.60. The SMILES string of the molecule is CCCCCCCCCCCCCCCCOP(=O)(O)OCC[N+](CC)(CC)CC.CO. The number of aliphatic hydroxyl groups is 1. The molecule has 0 rings (SSSR count). The minimum atomic E-state index is -3.91. The molecular formula is C25H57NO5P+. The quantitative estimate of drug-likeness (QED) is 0.0924. The fourth-order valence-electron chi connectivity index (χ4n) is 4.01. The van der Waals surface area contributed by atoms with Crippen LogP contribution in [0.25, 0.3) is 0 Å². The molecule has 0 fully saturated rings. The second-order valence-electron chi connectivity index (χ2n) is 8.75. The highest BCUT2D eigenvalue weighted by Crippen LogP contribution is 2.43. The van der Waals surface area contributed by atoms with E-state index in [2.05, 4.69) is 27.7 Å². The first kappa shape index (κ1) is 34.2. The van der Waals surface area contributed by atoms with Gasteiger partial charge in [-0.05, 0) is 27.2 Å². The van der Waals surface area contributed by atoms with Crippen molar-refractivity contribution in [3.05, 3.63) is 0 Å². The molecule has 0 spiro atoms. The topological polar surface area (TPSA) is 76.0 Å². The fourth-order valence-corrected chi connectivity index (χ4v) is 4.76. The molecule has 0 heterocycles. The molecule has 0 saturated carbocycles. The lowest BCUT2D eigenvalue weighted by Gasteiger charge is -2.35. The first-order valence-electron chi connectivity index (χ1n) is 13.4. The smallest absolute Gasteiger partial charge is 0.400 e. The molecule has 0 aliphatic rings. The number of unbranched alkanes of at least 4 members (excludes halogenated alkanes) is 13. The Hall–Kier alpha value is 0.0300. The van der Waals surface area contributed by atoms with Gasteiger partial charge in [-0.2, -0.15) is 0 Å². The molecule has 1 atom stereocenters. The van der Waals surface area contributed by atoms with E-state index in [9.17, 15) is 9.46 Å². The predicted molar refractivity (Wildman–Crippen MR) is 137 cm³/mol. The van der Waals surface area contributed by atoms with Crippen molar-refractivity contribution in [3.63, 3.8) is 0 Å². The number of quaternary nitrogens is 1. The van der Waals surface area contributed by atoms with Crippen LogP contribution < -0.4 is 0 Å². The van der Waals surface area contributed by atoms with Crippen molar-refractivity contribution in [2.24, 2.45) is 0 Å². The summed E-state index contributed by atoms with van der Waals surface area (Å²) >= 11 is 0. The van der Waals surface area contributed by atoms with Gasteiger partial charge < -0.3 is 14.5 Å². The standard InChI is InChI=1S/C24H52NO4P.CH4O/c1-5-9-10-11-12-13-14-15-16-17-18-19-20-21-23-28-30(26,27)29-24-22-25(6-2,7-3)8-4;1-2/h5-24H2,1-4H3;2H,1H3/p+1. The van der Waals surface area contributed by atoms with Gasteiger partial charge in [0.1, 0.15) is 13.2 Å². The maximum absolute atomic E-state index is 12.0. The van der Waals surface area contributed by atoms with Crippen LogP contribution in [0.5, 0.6) is 0 Å². The monoisotopic (exact) mass is 482 g/mol. The largest absolute Gasteiger partial charge is 0.472 e. The van der Waals surface area contributed by atoms with Gasteiger partial charge in [-0.25, -0.2) is 4.57 Å². The van der Waals surface area contributed by atoms with Gasteiger partial charge in [0.15, 0.2) is 0 Å². The van der Waals surface area contributed by atoms with Gasteiger partial charge in [0, 0.05) is 7.11 Å². The number of phosphoric ester groups is 1. The Labute approximate surface area is 200 Å². The molecule has 0 radical (unpaired) electrons. The predicted octanol–water partition coefficient (Wildman–Crippen LogP) is 7.09. The van der Waals surface area contributed by atoms with Gasteiger partial charge in [0.25, 0.3) is 0 Å². The van der Waals surface area contributed by atoms with Crippen molar-refractivity contribution >= 4 is 7.82 Å². The van der Waals surface area contributed by atoms with E-state index in [0.717, 1.165) is 50.6 Å². The number of nitrogens with zero attached hydrogens (tertiary/aromatic N) is 1. The molecule has 32 heavy (non-hydrogen) atoms. The van der Waals surface area contributed by atoms with E-state index >= 15 is 0 Å². The normalized spacial score (nSPS) is 13.5. The minimum Gasteiger partial charge on any atom is -0.400 e. The van der Waals surface area contributed by atoms with E-state index in [1.165, 1.54) is 77.0 Å². The number of hydrogen-bond acceptors (Lipinski definition) is 4. The molecule has 0 saturated heterocycles. The molecule has 2 N–H and O–H groups in total. The Balaban J connectivity index is 0. The van der Waals surface area contributed by atoms with Crippen LogP contribution in [-0.2, 0) is 13.6 Å². The van der Waals surface area contributed by atoms with Gasteiger partial charge in [0.05, 0.1) is 26.2 Å². The van der Waals surface area contributed by atoms with Crippen LogP contribution in [0.4, 0.5) is 0 Å². The van der Waals surface area contributed by atoms with Crippen LogP contribution in [-0.4, -0.2) is 61.0 Å². The number of phosphoric acid groups is 1. The molecule has 0 aliphatic heterocycles. The maximum atomic E-state index is 12.0. The molecule has 6 nitrogen and oxygen atoms in total. The van der Waals surface area contributed by atoms with Crippen LogP contribution in [0, 0.1) is 0 Å². The Morgan fingerprint density at radius 2 is 0.938 bits per heavy atom. The molecule has 0 aromatic carbocycles. The summed E-state index contributed by atoms with van der Waals surface area (Å²) in [5.41, 5.74) is 0. The minimum absolute atomic E-state index is 0.266. The van der Waals surface area contributed by atoms with Gasteiger partial charge in [-0.15, -0.1) is 0 Å². The first-order valence-corrected chi connectivity index (χ1v) is 14.9. The first-order chi connectivity index (χ1) is 15.4. The Morgan fingerprint density at radius 1 is 0.594 bits per heavy atom. The molecule has 0 aliphatic carbocycles. The summed E-state index contributed by atoms with van der Waals surface area (Å²) in [7, 11) is -2.91. The average Bonchev–Trinajstić information content (AvgIpc) is 2.81. The summed E-state index contributed by atoms with van der Waals surface area (Å²) < 4.78 is 23.2. The molecular weight excluding hydrogens is 425 g/mol. The van der Waals surface area contributed by atoms with Gasteiger partial charge in [0.2, 0.25) is 0 Å². The Morgan fingerprint density at radius 3 is 1.31 bits per heavy atom. The van der Waals surface area contributed by atoms with E-state index in [1.807, 2.05) is 0 Å². The van der Waals surface area contributed by atoms with Crippen molar-refractivity contribution in [3.8, 4) is 0 Å². The van der Waals surface area contributed by atoms with E-state index in [4.69, 9.17) is 14.2 Å². The van der Waals surface area contributed by atoms with E-state index < -0.39 is 7.82 Å². The Kier molecular flexibility index (Phi) is 25.8. The zero-order valence-corrected chi connectivity index (χ0v) is 23.1. The Bertz CT molecular complexity index is 411. The number of rotatable bonds is 23. The van der Waals surface area contributed by atoms with E-state index in [-0.39, 0.29) is 6.61 Å². The highest BCUT2D eigenvalue weighted by molar-refractivity contribution is 7.47. The zero-order chi connectivity index (χ0) is 24.6. The lowest BCUT2D eigenvalue weighted by Crippen LogP contribution is -2.49. The van der Waals surface area contributed by atoms with Gasteiger partial charge >= 0.3 is 7.82 Å². The van der Waals surface area contributed by atoms with Crippen LogP contribution in [0.15, 0.2) is 0 Å². The van der Waals surface area contributed by atoms with Crippen LogP contribution in [0.1, 0.15) is 118 Å². The molecule has 1 unspecified atom stereocenters. The molecule has 0 aromatic rings. The summed E-state index contributed by atoms with van der Waals surface area (Å²) in [6.45, 7) is 13.1. The van der Waals surface area contributed by atoms with Gasteiger partial charge in [-0.1, -0.05) is 90.4 Å². The molecule has 7 heteroatoms.